The topological polar surface area (TPSA) is 133 Å². The van der Waals surface area contributed by atoms with Crippen LogP contribution < -0.4 is 11.1 Å². The zero-order valence-electron chi connectivity index (χ0n) is 18.8. The lowest BCUT2D eigenvalue weighted by molar-refractivity contribution is -0.122. The van der Waals surface area contributed by atoms with E-state index in [1.165, 1.54) is 0 Å². The normalized spacial score (nSPS) is 12.6. The van der Waals surface area contributed by atoms with Gasteiger partial charge in [0.1, 0.15) is 0 Å². The number of H-pyrrole nitrogens is 1. The molecular formula is C22H35N5O5. The Balaban J connectivity index is 1.39. The molecule has 4 N–H and O–H groups in total. The average molecular weight is 450 g/mol. The van der Waals surface area contributed by atoms with Gasteiger partial charge in [0.05, 0.1) is 65.4 Å². The summed E-state index contributed by atoms with van der Waals surface area (Å²) in [5.74, 6) is -0.189. The third-order valence-corrected chi connectivity index (χ3v) is 4.59. The highest BCUT2D eigenvalue weighted by molar-refractivity contribution is 5.86. The summed E-state index contributed by atoms with van der Waals surface area (Å²) in [5, 5.41) is 11.3. The number of para-hydroxylation sites is 1. The van der Waals surface area contributed by atoms with Gasteiger partial charge in [-0.3, -0.25) is 4.79 Å². The Morgan fingerprint density at radius 2 is 1.62 bits per heavy atom. The van der Waals surface area contributed by atoms with E-state index in [4.69, 9.17) is 24.7 Å². The number of aromatic amines is 1. The number of carbonyl (C=O) groups is 1. The molecule has 10 heteroatoms. The van der Waals surface area contributed by atoms with Crippen molar-refractivity contribution in [3.8, 4) is 0 Å². The Hall–Kier alpha value is -2.37. The number of nitrogens with two attached hydrogens (primary N) is 1. The summed E-state index contributed by atoms with van der Waals surface area (Å²) in [7, 11) is 1.64. The Labute approximate surface area is 188 Å². The van der Waals surface area contributed by atoms with Gasteiger partial charge >= 0.3 is 0 Å². The second-order valence-electron chi connectivity index (χ2n) is 6.98. The largest absolute Gasteiger partial charge is 0.377 e. The van der Waals surface area contributed by atoms with Crippen molar-refractivity contribution in [3.05, 3.63) is 36.0 Å². The number of azo groups is 1. The van der Waals surface area contributed by atoms with Gasteiger partial charge in [0.2, 0.25) is 5.91 Å². The Morgan fingerprint density at radius 3 is 2.31 bits per heavy atom. The van der Waals surface area contributed by atoms with E-state index in [0.717, 1.165) is 16.5 Å². The monoisotopic (exact) mass is 449 g/mol. The number of hydrogen-bond donors (Lipinski definition) is 3. The summed E-state index contributed by atoms with van der Waals surface area (Å²) < 4.78 is 21.6. The summed E-state index contributed by atoms with van der Waals surface area (Å²) in [6.45, 7) is 4.89. The quantitative estimate of drug-likeness (QED) is 0.232. The van der Waals surface area contributed by atoms with Crippen LogP contribution in [0.25, 0.3) is 10.9 Å². The third-order valence-electron chi connectivity index (χ3n) is 4.59. The molecular weight excluding hydrogens is 414 g/mol. The number of fused-ring (bicyclic) bond motifs is 1. The summed E-state index contributed by atoms with van der Waals surface area (Å²) in [6, 6.07) is 7.35. The van der Waals surface area contributed by atoms with Crippen LogP contribution in [0.4, 0.5) is 0 Å². The fourth-order valence-electron chi connectivity index (χ4n) is 2.97. The fraction of sp³-hybridized carbons (Fsp3) is 0.591. The first-order chi connectivity index (χ1) is 15.7. The van der Waals surface area contributed by atoms with Crippen molar-refractivity contribution < 1.29 is 23.7 Å². The van der Waals surface area contributed by atoms with Gasteiger partial charge < -0.3 is 35.0 Å². The van der Waals surface area contributed by atoms with E-state index in [0.29, 0.717) is 72.4 Å². The lowest BCUT2D eigenvalue weighted by Crippen LogP contribution is -2.43. The van der Waals surface area contributed by atoms with Crippen molar-refractivity contribution in [2.45, 2.75) is 12.5 Å². The van der Waals surface area contributed by atoms with E-state index in [-0.39, 0.29) is 5.91 Å². The van der Waals surface area contributed by atoms with Crippen LogP contribution in [-0.4, -0.2) is 89.9 Å². The number of carbonyl (C=O) groups excluding carboxylic acids is 1. The van der Waals surface area contributed by atoms with E-state index in [2.05, 4.69) is 20.5 Å². The lowest BCUT2D eigenvalue weighted by Gasteiger charge is -2.12. The molecule has 0 radical (unpaired) electrons. The summed E-state index contributed by atoms with van der Waals surface area (Å²) in [6.07, 6.45) is 2.38. The highest BCUT2D eigenvalue weighted by Gasteiger charge is 2.15. The molecule has 0 saturated carbocycles. The minimum Gasteiger partial charge on any atom is -0.377 e. The van der Waals surface area contributed by atoms with Crippen molar-refractivity contribution in [1.29, 1.82) is 0 Å². The maximum absolute atomic E-state index is 12.2. The SMILES string of the molecule is CN=NCCOCCOCCOCCOCCNC(=O)[C@@H](N)Cc1c[nH]c2ccccc12. The molecule has 0 fully saturated rings. The van der Waals surface area contributed by atoms with Crippen LogP contribution in [0, 0.1) is 0 Å². The Morgan fingerprint density at radius 1 is 1.00 bits per heavy atom. The summed E-state index contributed by atoms with van der Waals surface area (Å²) >= 11 is 0. The minimum absolute atomic E-state index is 0.189. The molecule has 1 atom stereocenters. The van der Waals surface area contributed by atoms with Gasteiger partial charge in [0.15, 0.2) is 0 Å². The van der Waals surface area contributed by atoms with Crippen molar-refractivity contribution in [2.24, 2.45) is 16.0 Å². The number of ether oxygens (including phenoxy) is 4. The molecule has 1 aromatic carbocycles. The molecule has 0 aliphatic rings. The van der Waals surface area contributed by atoms with Gasteiger partial charge in [-0.1, -0.05) is 18.2 Å². The third kappa shape index (κ3) is 10.3. The second-order valence-corrected chi connectivity index (χ2v) is 6.98. The van der Waals surface area contributed by atoms with Crippen LogP contribution >= 0.6 is 0 Å². The number of hydrogen-bond acceptors (Lipinski definition) is 8. The number of rotatable bonds is 18. The molecule has 10 nitrogen and oxygen atoms in total. The lowest BCUT2D eigenvalue weighted by atomic mass is 10.1. The van der Waals surface area contributed by atoms with Gasteiger partial charge in [-0.2, -0.15) is 10.2 Å². The van der Waals surface area contributed by atoms with Crippen molar-refractivity contribution in [1.82, 2.24) is 10.3 Å². The van der Waals surface area contributed by atoms with E-state index >= 15 is 0 Å². The molecule has 0 bridgehead atoms. The zero-order valence-corrected chi connectivity index (χ0v) is 18.8. The number of benzene rings is 1. The van der Waals surface area contributed by atoms with Crippen LogP contribution in [0.5, 0.6) is 0 Å². The van der Waals surface area contributed by atoms with Crippen LogP contribution in [0.3, 0.4) is 0 Å². The number of amides is 1. The number of aromatic nitrogens is 1. The maximum atomic E-state index is 12.2. The molecule has 0 aliphatic heterocycles. The van der Waals surface area contributed by atoms with Crippen molar-refractivity contribution in [3.63, 3.8) is 0 Å². The molecule has 32 heavy (non-hydrogen) atoms. The molecule has 0 aliphatic carbocycles. The molecule has 1 aromatic heterocycles. The first kappa shape index (κ1) is 25.9. The number of nitrogens with one attached hydrogen (secondary N) is 2. The Kier molecular flexibility index (Phi) is 13.2. The summed E-state index contributed by atoms with van der Waals surface area (Å²) in [5.41, 5.74) is 8.13. The molecule has 1 heterocycles. The van der Waals surface area contributed by atoms with Crippen LogP contribution in [0.1, 0.15) is 5.56 Å². The summed E-state index contributed by atoms with van der Waals surface area (Å²) in [4.78, 5) is 15.4. The van der Waals surface area contributed by atoms with Crippen LogP contribution in [0.2, 0.25) is 0 Å². The molecule has 1 amide bonds. The van der Waals surface area contributed by atoms with Crippen LogP contribution in [0.15, 0.2) is 40.7 Å². The highest BCUT2D eigenvalue weighted by Crippen LogP contribution is 2.18. The van der Waals surface area contributed by atoms with Crippen molar-refractivity contribution in [2.75, 3.05) is 73.0 Å². The van der Waals surface area contributed by atoms with Crippen LogP contribution in [-0.2, 0) is 30.2 Å². The standard InChI is InChI=1S/C22H35N5O5/c1-24-27-7-9-30-11-13-32-15-14-31-12-10-29-8-6-25-22(28)20(23)16-18-17-26-21-5-3-2-4-19(18)21/h2-5,17,20,26H,6-16,23H2,1H3,(H,25,28)/t20-/m0/s1. The molecule has 0 unspecified atom stereocenters. The smallest absolute Gasteiger partial charge is 0.237 e. The van der Waals surface area contributed by atoms with Crippen molar-refractivity contribution >= 4 is 16.8 Å². The molecule has 178 valence electrons. The fourth-order valence-corrected chi connectivity index (χ4v) is 2.97. The van der Waals surface area contributed by atoms with Gasteiger partial charge in [0, 0.05) is 30.7 Å². The first-order valence-electron chi connectivity index (χ1n) is 10.9. The Bertz CT molecular complexity index is 798. The maximum Gasteiger partial charge on any atom is 0.237 e. The van der Waals surface area contributed by atoms with Gasteiger partial charge in [-0.15, -0.1) is 0 Å². The zero-order chi connectivity index (χ0) is 22.9. The van der Waals surface area contributed by atoms with E-state index in [1.54, 1.807) is 7.05 Å². The first-order valence-corrected chi connectivity index (χ1v) is 10.9. The van der Waals surface area contributed by atoms with Gasteiger partial charge in [-0.05, 0) is 18.1 Å². The second kappa shape index (κ2) is 16.3. The highest BCUT2D eigenvalue weighted by atomic mass is 16.6. The predicted molar refractivity (Wildman–Crippen MR) is 122 cm³/mol. The van der Waals surface area contributed by atoms with Gasteiger partial charge in [0.25, 0.3) is 0 Å². The van der Waals surface area contributed by atoms with E-state index in [9.17, 15) is 4.79 Å². The average Bonchev–Trinajstić information content (AvgIpc) is 3.21. The molecule has 0 spiro atoms. The molecule has 2 rings (SSSR count). The molecule has 2 aromatic rings. The van der Waals surface area contributed by atoms with E-state index < -0.39 is 6.04 Å². The minimum atomic E-state index is -0.607. The van der Waals surface area contributed by atoms with E-state index in [1.807, 2.05) is 30.5 Å². The molecule has 0 saturated heterocycles. The van der Waals surface area contributed by atoms with Gasteiger partial charge in [-0.25, -0.2) is 0 Å². The number of nitrogens with zero attached hydrogens (tertiary/aromatic N) is 2. The predicted octanol–water partition coefficient (Wildman–Crippen LogP) is 1.30.